The van der Waals surface area contributed by atoms with Crippen molar-refractivity contribution in [1.29, 1.82) is 0 Å². The van der Waals surface area contributed by atoms with Gasteiger partial charge in [-0.1, -0.05) is 48.5 Å². The van der Waals surface area contributed by atoms with Gasteiger partial charge in [0.25, 0.3) is 0 Å². The summed E-state index contributed by atoms with van der Waals surface area (Å²) in [6.07, 6.45) is 6.57. The minimum absolute atomic E-state index is 0.0487. The van der Waals surface area contributed by atoms with Crippen LogP contribution in [-0.2, 0) is 4.79 Å². The first-order valence-corrected chi connectivity index (χ1v) is 5.32. The lowest BCUT2D eigenvalue weighted by molar-refractivity contribution is -0.111. The number of hydrogen-bond donors (Lipinski definition) is 0. The fourth-order valence-electron chi connectivity index (χ4n) is 1.20. The van der Waals surface area contributed by atoms with E-state index in [1.165, 1.54) is 6.08 Å². The average molecular weight is 233 g/mol. The minimum Gasteiger partial charge on any atom is -0.289 e. The molecule has 1 aromatic rings. The lowest BCUT2D eigenvalue weighted by Crippen LogP contribution is -1.94. The number of hydrogen-bond acceptors (Lipinski definition) is 1. The van der Waals surface area contributed by atoms with E-state index in [4.69, 9.17) is 11.6 Å². The van der Waals surface area contributed by atoms with Crippen LogP contribution in [0.2, 0.25) is 5.02 Å². The first-order valence-electron chi connectivity index (χ1n) is 4.94. The molecule has 2 heteroatoms. The Balaban J connectivity index is 2.78. The van der Waals surface area contributed by atoms with E-state index in [9.17, 15) is 4.79 Å². The first-order chi connectivity index (χ1) is 7.67. The van der Waals surface area contributed by atoms with Gasteiger partial charge >= 0.3 is 0 Å². The Kier molecular flexibility index (Phi) is 4.74. The van der Waals surface area contributed by atoms with E-state index < -0.39 is 0 Å². The van der Waals surface area contributed by atoms with Gasteiger partial charge in [-0.05, 0) is 30.7 Å². The van der Waals surface area contributed by atoms with Crippen molar-refractivity contribution < 1.29 is 4.79 Å². The molecule has 0 radical (unpaired) electrons. The number of rotatable bonds is 4. The van der Waals surface area contributed by atoms with E-state index in [2.05, 4.69) is 6.58 Å². The summed E-state index contributed by atoms with van der Waals surface area (Å²) >= 11 is 5.76. The Morgan fingerprint density at radius 2 is 1.94 bits per heavy atom. The van der Waals surface area contributed by atoms with Crippen LogP contribution in [-0.4, -0.2) is 5.78 Å². The molecular weight excluding hydrogens is 220 g/mol. The van der Waals surface area contributed by atoms with Crippen molar-refractivity contribution in [1.82, 2.24) is 0 Å². The molecule has 0 unspecified atom stereocenters. The van der Waals surface area contributed by atoms with E-state index in [1.807, 2.05) is 19.1 Å². The predicted molar refractivity (Wildman–Crippen MR) is 69.4 cm³/mol. The fraction of sp³-hybridized carbons (Fsp3) is 0.0714. The van der Waals surface area contributed by atoms with Crippen LogP contribution in [0.4, 0.5) is 0 Å². The van der Waals surface area contributed by atoms with Crippen LogP contribution in [0.15, 0.2) is 54.6 Å². The van der Waals surface area contributed by atoms with Crippen LogP contribution in [0.1, 0.15) is 12.5 Å². The summed E-state index contributed by atoms with van der Waals surface area (Å²) in [7, 11) is 0. The molecule has 0 aliphatic carbocycles. The molecule has 0 saturated carbocycles. The summed E-state index contributed by atoms with van der Waals surface area (Å²) in [6, 6.07) is 7.29. The third-order valence-corrected chi connectivity index (χ3v) is 2.36. The molecule has 1 aromatic carbocycles. The molecule has 82 valence electrons. The Hall–Kier alpha value is -1.60. The Labute approximate surface area is 101 Å². The first kappa shape index (κ1) is 12.5. The number of carbonyl (C=O) groups excluding carboxylic acids is 1. The number of halogens is 1. The number of allylic oxidation sites excluding steroid dienone is 4. The van der Waals surface area contributed by atoms with E-state index in [0.717, 1.165) is 5.56 Å². The van der Waals surface area contributed by atoms with E-state index in [0.29, 0.717) is 10.6 Å². The molecule has 0 N–H and O–H groups in total. The van der Waals surface area contributed by atoms with Crippen LogP contribution in [0, 0.1) is 0 Å². The Morgan fingerprint density at radius 3 is 2.44 bits per heavy atom. The standard InChI is InChI=1S/C14H13ClO/c1-3-12(4-2)14(16)10-7-11-5-8-13(15)9-6-11/h3-10H,1H2,2H3/b10-7+,12-4+. The largest absolute Gasteiger partial charge is 0.289 e. The molecule has 0 heterocycles. The highest BCUT2D eigenvalue weighted by atomic mass is 35.5. The number of ketones is 1. The predicted octanol–water partition coefficient (Wildman–Crippen LogP) is 4.05. The van der Waals surface area contributed by atoms with Crippen molar-refractivity contribution >= 4 is 23.5 Å². The molecule has 0 fully saturated rings. The van der Waals surface area contributed by atoms with E-state index in [-0.39, 0.29) is 5.78 Å². The maximum atomic E-state index is 11.6. The van der Waals surface area contributed by atoms with Crippen LogP contribution in [0.5, 0.6) is 0 Å². The molecule has 0 aliphatic heterocycles. The molecule has 0 spiro atoms. The van der Waals surface area contributed by atoms with Gasteiger partial charge in [-0.3, -0.25) is 4.79 Å². The quantitative estimate of drug-likeness (QED) is 0.565. The summed E-state index contributed by atoms with van der Waals surface area (Å²) in [5.41, 5.74) is 1.54. The number of carbonyl (C=O) groups is 1. The average Bonchev–Trinajstić information content (AvgIpc) is 2.30. The topological polar surface area (TPSA) is 17.1 Å². The van der Waals surface area contributed by atoms with Crippen molar-refractivity contribution in [3.05, 3.63) is 65.2 Å². The highest BCUT2D eigenvalue weighted by Crippen LogP contribution is 2.11. The van der Waals surface area contributed by atoms with Gasteiger partial charge in [0.1, 0.15) is 0 Å². The monoisotopic (exact) mass is 232 g/mol. The molecule has 0 atom stereocenters. The maximum absolute atomic E-state index is 11.6. The van der Waals surface area contributed by atoms with Gasteiger partial charge in [-0.15, -0.1) is 0 Å². The summed E-state index contributed by atoms with van der Waals surface area (Å²) in [6.45, 7) is 5.39. The van der Waals surface area contributed by atoms with E-state index in [1.54, 1.807) is 30.4 Å². The number of benzene rings is 1. The second-order valence-corrected chi connectivity index (χ2v) is 3.63. The van der Waals surface area contributed by atoms with Crippen LogP contribution in [0.25, 0.3) is 6.08 Å². The van der Waals surface area contributed by atoms with E-state index >= 15 is 0 Å². The van der Waals surface area contributed by atoms with Crippen molar-refractivity contribution in [3.63, 3.8) is 0 Å². The molecule has 0 bridgehead atoms. The molecule has 0 aromatic heterocycles. The zero-order valence-corrected chi connectivity index (χ0v) is 9.87. The zero-order valence-electron chi connectivity index (χ0n) is 9.11. The molecular formula is C14H13ClO. The minimum atomic E-state index is -0.0487. The smallest absolute Gasteiger partial charge is 0.185 e. The Morgan fingerprint density at radius 1 is 1.31 bits per heavy atom. The molecule has 0 saturated heterocycles. The fourth-order valence-corrected chi connectivity index (χ4v) is 1.33. The zero-order chi connectivity index (χ0) is 12.0. The Bertz CT molecular complexity index is 438. The van der Waals surface area contributed by atoms with Gasteiger partial charge in [-0.25, -0.2) is 0 Å². The SMILES string of the molecule is C=C/C(=C\C)C(=O)/C=C/c1ccc(Cl)cc1. The van der Waals surface area contributed by atoms with Gasteiger partial charge in [0.2, 0.25) is 0 Å². The van der Waals surface area contributed by atoms with Crippen molar-refractivity contribution in [2.45, 2.75) is 6.92 Å². The van der Waals surface area contributed by atoms with Crippen molar-refractivity contribution in [3.8, 4) is 0 Å². The third-order valence-electron chi connectivity index (χ3n) is 2.11. The van der Waals surface area contributed by atoms with Crippen molar-refractivity contribution in [2.75, 3.05) is 0 Å². The van der Waals surface area contributed by atoms with Crippen LogP contribution < -0.4 is 0 Å². The maximum Gasteiger partial charge on any atom is 0.185 e. The van der Waals surface area contributed by atoms with Gasteiger partial charge in [0.05, 0.1) is 0 Å². The lowest BCUT2D eigenvalue weighted by Gasteiger charge is -1.95. The summed E-state index contributed by atoms with van der Waals surface area (Å²) in [5.74, 6) is -0.0487. The molecule has 1 rings (SSSR count). The highest BCUT2D eigenvalue weighted by Gasteiger charge is 1.99. The second kappa shape index (κ2) is 6.09. The molecule has 0 amide bonds. The third kappa shape index (κ3) is 3.52. The molecule has 1 nitrogen and oxygen atoms in total. The second-order valence-electron chi connectivity index (χ2n) is 3.20. The summed E-state index contributed by atoms with van der Waals surface area (Å²) in [4.78, 5) is 11.6. The van der Waals surface area contributed by atoms with Gasteiger partial charge in [0, 0.05) is 10.6 Å². The van der Waals surface area contributed by atoms with Crippen molar-refractivity contribution in [2.24, 2.45) is 0 Å². The van der Waals surface area contributed by atoms with Gasteiger partial charge in [-0.2, -0.15) is 0 Å². The van der Waals surface area contributed by atoms with Crippen LogP contribution >= 0.6 is 11.6 Å². The highest BCUT2D eigenvalue weighted by molar-refractivity contribution is 6.30. The van der Waals surface area contributed by atoms with Crippen LogP contribution in [0.3, 0.4) is 0 Å². The van der Waals surface area contributed by atoms with Gasteiger partial charge in [0.15, 0.2) is 5.78 Å². The summed E-state index contributed by atoms with van der Waals surface area (Å²) < 4.78 is 0. The van der Waals surface area contributed by atoms with Gasteiger partial charge < -0.3 is 0 Å². The normalized spacial score (nSPS) is 11.8. The molecule has 0 aliphatic rings. The summed E-state index contributed by atoms with van der Waals surface area (Å²) in [5, 5.41) is 0.684. The molecule has 16 heavy (non-hydrogen) atoms. The lowest BCUT2D eigenvalue weighted by atomic mass is 10.1.